The molecule has 0 aliphatic carbocycles. The molecule has 3 rings (SSSR count). The third-order valence-corrected chi connectivity index (χ3v) is 3.28. The van der Waals surface area contributed by atoms with Crippen LogP contribution in [0.25, 0.3) is 0 Å². The number of hydrogen-bond acceptors (Lipinski definition) is 5. The van der Waals surface area contributed by atoms with E-state index in [1.54, 1.807) is 6.07 Å². The summed E-state index contributed by atoms with van der Waals surface area (Å²) >= 11 is 0. The molecule has 1 aromatic rings. The van der Waals surface area contributed by atoms with Gasteiger partial charge in [-0.25, -0.2) is 9.38 Å². The quantitative estimate of drug-likeness (QED) is 0.728. The van der Waals surface area contributed by atoms with E-state index < -0.39 is 5.60 Å². The van der Waals surface area contributed by atoms with E-state index in [0.717, 1.165) is 0 Å². The summed E-state index contributed by atoms with van der Waals surface area (Å²) in [7, 11) is 0. The lowest BCUT2D eigenvalue weighted by Crippen LogP contribution is -2.56. The van der Waals surface area contributed by atoms with Crippen molar-refractivity contribution in [2.75, 3.05) is 18.9 Å². The number of aliphatic imine (C=N–C) groups is 1. The Morgan fingerprint density at radius 3 is 2.78 bits per heavy atom. The van der Waals surface area contributed by atoms with E-state index in [9.17, 15) is 4.39 Å². The van der Waals surface area contributed by atoms with Crippen molar-refractivity contribution < 1.29 is 13.9 Å². The molecule has 0 unspecified atom stereocenters. The van der Waals surface area contributed by atoms with Gasteiger partial charge in [0, 0.05) is 17.7 Å². The Labute approximate surface area is 104 Å². The summed E-state index contributed by atoms with van der Waals surface area (Å²) in [5.74, 6) is -0.331. The van der Waals surface area contributed by atoms with Crippen LogP contribution >= 0.6 is 0 Å². The first-order valence-electron chi connectivity index (χ1n) is 5.73. The van der Waals surface area contributed by atoms with Crippen molar-refractivity contribution in [1.29, 1.82) is 0 Å². The van der Waals surface area contributed by atoms with Gasteiger partial charge in [-0.05, 0) is 18.2 Å². The van der Waals surface area contributed by atoms with Gasteiger partial charge in [0.1, 0.15) is 5.82 Å². The van der Waals surface area contributed by atoms with E-state index >= 15 is 0 Å². The molecule has 18 heavy (non-hydrogen) atoms. The molecule has 0 amide bonds. The molecule has 2 aliphatic heterocycles. The molecule has 1 fully saturated rings. The van der Waals surface area contributed by atoms with Crippen LogP contribution in [0.2, 0.25) is 0 Å². The zero-order chi connectivity index (χ0) is 12.8. The second-order valence-corrected chi connectivity index (χ2v) is 4.75. The zero-order valence-corrected chi connectivity index (χ0v) is 9.73. The molecule has 1 saturated heterocycles. The van der Waals surface area contributed by atoms with E-state index in [1.807, 2.05) is 0 Å². The fourth-order valence-electron chi connectivity index (χ4n) is 2.35. The van der Waals surface area contributed by atoms with E-state index in [-0.39, 0.29) is 17.9 Å². The summed E-state index contributed by atoms with van der Waals surface area (Å²) in [6, 6.07) is 4.17. The predicted molar refractivity (Wildman–Crippen MR) is 64.4 cm³/mol. The topological polar surface area (TPSA) is 82.9 Å². The summed E-state index contributed by atoms with van der Waals surface area (Å²) in [6.07, 6.45) is 0.550. The van der Waals surface area contributed by atoms with Gasteiger partial charge in [0.2, 0.25) is 0 Å². The normalized spacial score (nSPS) is 25.2. The van der Waals surface area contributed by atoms with Crippen molar-refractivity contribution in [3.8, 4) is 0 Å². The Hall–Kier alpha value is -1.82. The predicted octanol–water partition coefficient (Wildman–Crippen LogP) is 0.953. The number of nitrogen functional groups attached to an aromatic ring is 1. The van der Waals surface area contributed by atoms with Crippen molar-refractivity contribution >= 4 is 11.7 Å². The molecule has 0 bridgehead atoms. The molecule has 5 nitrogen and oxygen atoms in total. The number of halogens is 1. The average molecular weight is 251 g/mol. The van der Waals surface area contributed by atoms with Crippen LogP contribution in [0.5, 0.6) is 0 Å². The maximum atomic E-state index is 13.8. The number of amidine groups is 1. The Kier molecular flexibility index (Phi) is 2.41. The lowest BCUT2D eigenvalue weighted by atomic mass is 9.88. The van der Waals surface area contributed by atoms with Gasteiger partial charge in [-0.1, -0.05) is 0 Å². The molecular weight excluding hydrogens is 237 g/mol. The minimum Gasteiger partial charge on any atom is -0.454 e. The fraction of sp³-hybridized carbons (Fsp3) is 0.417. The van der Waals surface area contributed by atoms with Gasteiger partial charge in [-0.2, -0.15) is 0 Å². The van der Waals surface area contributed by atoms with Gasteiger partial charge in [0.15, 0.2) is 5.60 Å². The summed E-state index contributed by atoms with van der Waals surface area (Å²) in [5.41, 5.74) is 11.8. The fourth-order valence-corrected chi connectivity index (χ4v) is 2.35. The number of rotatable bonds is 1. The van der Waals surface area contributed by atoms with Gasteiger partial charge in [0.25, 0.3) is 6.02 Å². The molecule has 6 heteroatoms. The highest BCUT2D eigenvalue weighted by Gasteiger charge is 2.46. The Balaban J connectivity index is 1.95. The average Bonchev–Trinajstić information content (AvgIpc) is 2.29. The Bertz CT molecular complexity index is 514. The number of ether oxygens (including phenoxy) is 2. The van der Waals surface area contributed by atoms with Crippen LogP contribution in [0.3, 0.4) is 0 Å². The molecule has 0 saturated carbocycles. The molecule has 2 aliphatic rings. The van der Waals surface area contributed by atoms with Crippen LogP contribution in [0.15, 0.2) is 23.2 Å². The van der Waals surface area contributed by atoms with Crippen LogP contribution in [0.4, 0.5) is 10.1 Å². The third kappa shape index (κ3) is 1.78. The van der Waals surface area contributed by atoms with Gasteiger partial charge in [-0.3, -0.25) is 0 Å². The minimum absolute atomic E-state index is 0.0800. The van der Waals surface area contributed by atoms with Gasteiger partial charge < -0.3 is 20.9 Å². The van der Waals surface area contributed by atoms with Gasteiger partial charge in [-0.15, -0.1) is 0 Å². The Morgan fingerprint density at radius 2 is 2.11 bits per heavy atom. The second kappa shape index (κ2) is 3.84. The van der Waals surface area contributed by atoms with Crippen LogP contribution in [-0.2, 0) is 9.47 Å². The summed E-state index contributed by atoms with van der Waals surface area (Å²) in [4.78, 5) is 4.15. The Morgan fingerprint density at radius 1 is 1.33 bits per heavy atom. The van der Waals surface area contributed by atoms with E-state index in [0.29, 0.717) is 30.9 Å². The van der Waals surface area contributed by atoms with Crippen molar-refractivity contribution in [1.82, 2.24) is 0 Å². The van der Waals surface area contributed by atoms with Gasteiger partial charge >= 0.3 is 0 Å². The number of benzene rings is 1. The van der Waals surface area contributed by atoms with E-state index in [2.05, 4.69) is 4.99 Å². The highest BCUT2D eigenvalue weighted by molar-refractivity contribution is 5.73. The molecule has 2 heterocycles. The van der Waals surface area contributed by atoms with Crippen LogP contribution in [0.1, 0.15) is 18.0 Å². The minimum atomic E-state index is -0.451. The molecule has 96 valence electrons. The van der Waals surface area contributed by atoms with Crippen molar-refractivity contribution in [2.24, 2.45) is 10.7 Å². The number of nitrogens with two attached hydrogens (primary N) is 2. The highest BCUT2D eigenvalue weighted by atomic mass is 19.1. The molecule has 0 aromatic heterocycles. The molecule has 1 spiro atoms. The van der Waals surface area contributed by atoms with Crippen molar-refractivity contribution in [2.45, 2.75) is 18.1 Å². The van der Waals surface area contributed by atoms with E-state index in [1.165, 1.54) is 12.1 Å². The smallest absolute Gasteiger partial charge is 0.283 e. The standard InChI is InChI=1S/C12H14FN3O2/c13-9-2-1-7(14)3-8(9)10-4-12(5-17-6-12)18-11(15)16-10/h1-3,10H,4-6,14H2,(H2,15,16)/t10-/m0/s1. The monoisotopic (exact) mass is 251 g/mol. The third-order valence-electron chi connectivity index (χ3n) is 3.28. The van der Waals surface area contributed by atoms with Crippen molar-refractivity contribution in [3.05, 3.63) is 29.6 Å². The summed E-state index contributed by atoms with van der Waals surface area (Å²) in [6.45, 7) is 0.924. The maximum Gasteiger partial charge on any atom is 0.283 e. The SMILES string of the molecule is NC1=N[C@H](c2cc(N)ccc2F)CC2(COC2)O1. The highest BCUT2D eigenvalue weighted by Crippen LogP contribution is 2.39. The number of anilines is 1. The first-order chi connectivity index (χ1) is 8.58. The van der Waals surface area contributed by atoms with Crippen LogP contribution in [-0.4, -0.2) is 24.8 Å². The molecule has 1 aromatic carbocycles. The molecular formula is C12H14FN3O2. The van der Waals surface area contributed by atoms with Crippen LogP contribution in [0, 0.1) is 5.82 Å². The first-order valence-corrected chi connectivity index (χ1v) is 5.73. The summed E-state index contributed by atoms with van der Waals surface area (Å²) in [5, 5.41) is 0. The first kappa shape index (κ1) is 11.3. The van der Waals surface area contributed by atoms with Crippen LogP contribution < -0.4 is 11.5 Å². The molecule has 0 radical (unpaired) electrons. The van der Waals surface area contributed by atoms with Crippen molar-refractivity contribution in [3.63, 3.8) is 0 Å². The van der Waals surface area contributed by atoms with E-state index in [4.69, 9.17) is 20.9 Å². The summed E-state index contributed by atoms with van der Waals surface area (Å²) < 4.78 is 24.4. The largest absolute Gasteiger partial charge is 0.454 e. The second-order valence-electron chi connectivity index (χ2n) is 4.75. The maximum absolute atomic E-state index is 13.8. The molecule has 1 atom stereocenters. The number of nitrogens with zero attached hydrogens (tertiary/aromatic N) is 1. The lowest BCUT2D eigenvalue weighted by molar-refractivity contribution is -0.180. The number of hydrogen-bond donors (Lipinski definition) is 2. The lowest BCUT2D eigenvalue weighted by Gasteiger charge is -2.44. The molecule has 4 N–H and O–H groups in total. The van der Waals surface area contributed by atoms with Gasteiger partial charge in [0.05, 0.1) is 19.3 Å². The zero-order valence-electron chi connectivity index (χ0n) is 9.73.